The smallest absolute Gasteiger partial charge is 0.375 e. The first-order valence-corrected chi connectivity index (χ1v) is 9.13. The van der Waals surface area contributed by atoms with Crippen molar-refractivity contribution < 1.29 is 28.2 Å². The van der Waals surface area contributed by atoms with E-state index in [-0.39, 0.29) is 24.4 Å². The summed E-state index contributed by atoms with van der Waals surface area (Å²) >= 11 is 0. The van der Waals surface area contributed by atoms with Gasteiger partial charge in [-0.1, -0.05) is 0 Å². The SMILES string of the molecule is CCOc1ccc2oc(C(=O)OCC(=O)NCCCOC(C)C)c(C)c2c1. The molecular formula is C20H27NO6. The first kappa shape index (κ1) is 20.8. The van der Waals surface area contributed by atoms with E-state index in [1.54, 1.807) is 19.1 Å². The molecule has 148 valence electrons. The van der Waals surface area contributed by atoms with Crippen LogP contribution in [0.4, 0.5) is 0 Å². The van der Waals surface area contributed by atoms with Crippen LogP contribution < -0.4 is 10.1 Å². The number of rotatable bonds is 10. The Morgan fingerprint density at radius 3 is 2.74 bits per heavy atom. The van der Waals surface area contributed by atoms with Crippen LogP contribution in [0.1, 0.15) is 43.3 Å². The Bertz CT molecular complexity index is 780. The van der Waals surface area contributed by atoms with E-state index in [0.717, 1.165) is 5.39 Å². The molecule has 0 saturated heterocycles. The third kappa shape index (κ3) is 5.99. The predicted octanol–water partition coefficient (Wildman–Crippen LogP) is 3.23. The van der Waals surface area contributed by atoms with Crippen LogP contribution in [0.3, 0.4) is 0 Å². The summed E-state index contributed by atoms with van der Waals surface area (Å²) in [5.41, 5.74) is 1.22. The molecule has 1 aromatic heterocycles. The van der Waals surface area contributed by atoms with Crippen molar-refractivity contribution in [3.8, 4) is 5.75 Å². The summed E-state index contributed by atoms with van der Waals surface area (Å²) in [6.45, 7) is 8.81. The van der Waals surface area contributed by atoms with Gasteiger partial charge in [0.1, 0.15) is 11.3 Å². The maximum absolute atomic E-state index is 12.3. The largest absolute Gasteiger partial charge is 0.494 e. The number of ether oxygens (including phenoxy) is 3. The fraction of sp³-hybridized carbons (Fsp3) is 0.500. The number of carbonyl (C=O) groups is 2. The van der Waals surface area contributed by atoms with Gasteiger partial charge in [-0.05, 0) is 52.3 Å². The molecule has 0 unspecified atom stereocenters. The zero-order chi connectivity index (χ0) is 19.8. The summed E-state index contributed by atoms with van der Waals surface area (Å²) in [6.07, 6.45) is 0.862. The summed E-state index contributed by atoms with van der Waals surface area (Å²) in [4.78, 5) is 24.0. The minimum Gasteiger partial charge on any atom is -0.494 e. The van der Waals surface area contributed by atoms with E-state index in [9.17, 15) is 9.59 Å². The second-order valence-electron chi connectivity index (χ2n) is 6.35. The second-order valence-corrected chi connectivity index (χ2v) is 6.35. The molecule has 1 N–H and O–H groups in total. The molecule has 0 fully saturated rings. The fourth-order valence-electron chi connectivity index (χ4n) is 2.52. The molecule has 0 aliphatic carbocycles. The molecule has 1 heterocycles. The Hall–Kier alpha value is -2.54. The van der Waals surface area contributed by atoms with E-state index in [1.165, 1.54) is 0 Å². The van der Waals surface area contributed by atoms with Gasteiger partial charge >= 0.3 is 5.97 Å². The van der Waals surface area contributed by atoms with Gasteiger partial charge in [0, 0.05) is 24.1 Å². The molecule has 0 saturated carbocycles. The number of amides is 1. The van der Waals surface area contributed by atoms with Crippen molar-refractivity contribution in [3.63, 3.8) is 0 Å². The first-order valence-electron chi connectivity index (χ1n) is 9.13. The lowest BCUT2D eigenvalue weighted by atomic mass is 10.1. The zero-order valence-electron chi connectivity index (χ0n) is 16.3. The number of fused-ring (bicyclic) bond motifs is 1. The Balaban J connectivity index is 1.86. The van der Waals surface area contributed by atoms with Crippen molar-refractivity contribution in [2.24, 2.45) is 0 Å². The number of furan rings is 1. The summed E-state index contributed by atoms with van der Waals surface area (Å²) in [6, 6.07) is 5.34. The van der Waals surface area contributed by atoms with E-state index < -0.39 is 5.97 Å². The standard InChI is InChI=1S/C20H27NO6/c1-5-24-15-7-8-17-16(11-15)14(4)19(27-17)20(23)26-12-18(22)21-9-6-10-25-13(2)3/h7-8,11,13H,5-6,9-10,12H2,1-4H3,(H,21,22). The van der Waals surface area contributed by atoms with Gasteiger partial charge in [-0.25, -0.2) is 4.79 Å². The highest BCUT2D eigenvalue weighted by atomic mass is 16.5. The van der Waals surface area contributed by atoms with Gasteiger partial charge in [0.2, 0.25) is 5.76 Å². The highest BCUT2D eigenvalue weighted by Crippen LogP contribution is 2.29. The van der Waals surface area contributed by atoms with Gasteiger partial charge in [-0.3, -0.25) is 4.79 Å². The van der Waals surface area contributed by atoms with E-state index in [1.807, 2.05) is 26.8 Å². The summed E-state index contributed by atoms with van der Waals surface area (Å²) in [5.74, 6) is -0.230. The summed E-state index contributed by atoms with van der Waals surface area (Å²) < 4.78 is 21.5. The van der Waals surface area contributed by atoms with E-state index in [2.05, 4.69) is 5.32 Å². The number of nitrogens with one attached hydrogen (secondary N) is 1. The molecular weight excluding hydrogens is 350 g/mol. The molecule has 0 bridgehead atoms. The maximum atomic E-state index is 12.3. The average molecular weight is 377 g/mol. The van der Waals surface area contributed by atoms with Crippen LogP contribution in [0.2, 0.25) is 0 Å². The third-order valence-corrected chi connectivity index (χ3v) is 3.83. The Kier molecular flexibility index (Phi) is 7.67. The third-order valence-electron chi connectivity index (χ3n) is 3.83. The Labute approximate surface area is 159 Å². The molecule has 7 nitrogen and oxygen atoms in total. The second kappa shape index (κ2) is 9.97. The van der Waals surface area contributed by atoms with Crippen LogP contribution in [0.15, 0.2) is 22.6 Å². The lowest BCUT2D eigenvalue weighted by Crippen LogP contribution is -2.30. The van der Waals surface area contributed by atoms with Crippen molar-refractivity contribution in [1.82, 2.24) is 5.32 Å². The number of benzene rings is 1. The number of carbonyl (C=O) groups excluding carboxylic acids is 2. The molecule has 0 aliphatic rings. The van der Waals surface area contributed by atoms with E-state index in [0.29, 0.717) is 43.1 Å². The van der Waals surface area contributed by atoms with Crippen molar-refractivity contribution in [3.05, 3.63) is 29.5 Å². The molecule has 7 heteroatoms. The van der Waals surface area contributed by atoms with Gasteiger partial charge in [-0.2, -0.15) is 0 Å². The summed E-state index contributed by atoms with van der Waals surface area (Å²) in [7, 11) is 0. The monoisotopic (exact) mass is 377 g/mol. The van der Waals surface area contributed by atoms with Crippen LogP contribution in [0.25, 0.3) is 11.0 Å². The molecule has 27 heavy (non-hydrogen) atoms. The van der Waals surface area contributed by atoms with E-state index >= 15 is 0 Å². The van der Waals surface area contributed by atoms with Crippen LogP contribution in [0.5, 0.6) is 5.75 Å². The Morgan fingerprint density at radius 2 is 2.04 bits per heavy atom. The highest BCUT2D eigenvalue weighted by molar-refractivity contribution is 5.97. The molecule has 2 rings (SSSR count). The van der Waals surface area contributed by atoms with Gasteiger partial charge < -0.3 is 23.9 Å². The van der Waals surface area contributed by atoms with Crippen molar-refractivity contribution in [2.45, 2.75) is 40.2 Å². The normalized spacial score (nSPS) is 11.0. The maximum Gasteiger partial charge on any atom is 0.375 e. The van der Waals surface area contributed by atoms with Crippen molar-refractivity contribution in [1.29, 1.82) is 0 Å². The lowest BCUT2D eigenvalue weighted by molar-refractivity contribution is -0.124. The first-order chi connectivity index (χ1) is 12.9. The minimum absolute atomic E-state index is 0.0942. The predicted molar refractivity (Wildman–Crippen MR) is 101 cm³/mol. The number of aryl methyl sites for hydroxylation is 1. The fourth-order valence-corrected chi connectivity index (χ4v) is 2.52. The molecule has 0 atom stereocenters. The topological polar surface area (TPSA) is 87.0 Å². The number of esters is 1. The van der Waals surface area contributed by atoms with Gasteiger partial charge in [0.05, 0.1) is 12.7 Å². The lowest BCUT2D eigenvalue weighted by Gasteiger charge is -2.08. The number of hydrogen-bond donors (Lipinski definition) is 1. The average Bonchev–Trinajstić information content (AvgIpc) is 2.96. The van der Waals surface area contributed by atoms with Gasteiger partial charge in [0.25, 0.3) is 5.91 Å². The van der Waals surface area contributed by atoms with Crippen molar-refractivity contribution >= 4 is 22.8 Å². The molecule has 0 spiro atoms. The highest BCUT2D eigenvalue weighted by Gasteiger charge is 2.20. The molecule has 0 aliphatic heterocycles. The van der Waals surface area contributed by atoms with Gasteiger partial charge in [0.15, 0.2) is 6.61 Å². The molecule has 1 amide bonds. The summed E-state index contributed by atoms with van der Waals surface area (Å²) in [5, 5.41) is 3.46. The quantitative estimate of drug-likeness (QED) is 0.505. The van der Waals surface area contributed by atoms with E-state index in [4.69, 9.17) is 18.6 Å². The minimum atomic E-state index is -0.667. The van der Waals surface area contributed by atoms with Crippen LogP contribution in [-0.2, 0) is 14.3 Å². The van der Waals surface area contributed by atoms with Crippen LogP contribution >= 0.6 is 0 Å². The number of hydrogen-bond acceptors (Lipinski definition) is 6. The van der Waals surface area contributed by atoms with Gasteiger partial charge in [-0.15, -0.1) is 0 Å². The Morgan fingerprint density at radius 1 is 1.26 bits per heavy atom. The van der Waals surface area contributed by atoms with Crippen LogP contribution in [0, 0.1) is 6.92 Å². The molecule has 2 aromatic rings. The zero-order valence-corrected chi connectivity index (χ0v) is 16.3. The molecule has 0 radical (unpaired) electrons. The molecule has 1 aromatic carbocycles. The van der Waals surface area contributed by atoms with Crippen LogP contribution in [-0.4, -0.2) is 44.3 Å². The van der Waals surface area contributed by atoms with Crippen molar-refractivity contribution in [2.75, 3.05) is 26.4 Å².